The van der Waals surface area contributed by atoms with E-state index in [4.69, 9.17) is 4.42 Å². The maximum absolute atomic E-state index is 12.5. The maximum atomic E-state index is 12.5. The number of benzene rings is 2. The first-order valence-corrected chi connectivity index (χ1v) is 9.48. The molecule has 30 heavy (non-hydrogen) atoms. The van der Waals surface area contributed by atoms with Gasteiger partial charge >= 0.3 is 0 Å². The molecule has 154 valence electrons. The van der Waals surface area contributed by atoms with Gasteiger partial charge in [0.15, 0.2) is 0 Å². The number of aryl methyl sites for hydroxylation is 2. The summed E-state index contributed by atoms with van der Waals surface area (Å²) in [7, 11) is 0. The highest BCUT2D eigenvalue weighted by atomic mass is 16.3. The molecular formula is C23H23N3O4. The van der Waals surface area contributed by atoms with Crippen LogP contribution in [-0.4, -0.2) is 24.3 Å². The zero-order chi connectivity index (χ0) is 21.5. The number of hydrogen-bond acceptors (Lipinski definition) is 4. The molecule has 7 heteroatoms. The van der Waals surface area contributed by atoms with Crippen molar-refractivity contribution in [2.45, 2.75) is 20.4 Å². The zero-order valence-electron chi connectivity index (χ0n) is 16.8. The standard InChI is InChI=1S/C23H23N3O4/c1-15-10-16(2)12-17(11-15)22(28)25-14-21(27)26-20-8-4-3-7-19(20)23(29)24-13-18-6-5-9-30-18/h3-12H,13-14H2,1-2H3,(H,24,29)(H,25,28)(H,26,27). The van der Waals surface area contributed by atoms with Crippen LogP contribution < -0.4 is 16.0 Å². The fourth-order valence-electron chi connectivity index (χ4n) is 3.03. The number of amides is 3. The molecule has 0 spiro atoms. The van der Waals surface area contributed by atoms with Crippen LogP contribution >= 0.6 is 0 Å². The molecule has 2 aromatic carbocycles. The minimum absolute atomic E-state index is 0.214. The molecule has 1 heterocycles. The lowest BCUT2D eigenvalue weighted by atomic mass is 10.1. The molecule has 3 N–H and O–H groups in total. The monoisotopic (exact) mass is 405 g/mol. The Hall–Kier alpha value is -3.87. The van der Waals surface area contributed by atoms with Gasteiger partial charge in [-0.1, -0.05) is 29.3 Å². The van der Waals surface area contributed by atoms with Crippen molar-refractivity contribution in [1.82, 2.24) is 10.6 Å². The molecule has 0 saturated heterocycles. The van der Waals surface area contributed by atoms with Crippen LogP contribution in [0.15, 0.2) is 65.3 Å². The maximum Gasteiger partial charge on any atom is 0.253 e. The van der Waals surface area contributed by atoms with Crippen LogP contribution in [0.25, 0.3) is 0 Å². The highest BCUT2D eigenvalue weighted by Crippen LogP contribution is 2.15. The molecule has 0 atom stereocenters. The molecule has 3 amide bonds. The van der Waals surface area contributed by atoms with Gasteiger partial charge in [0.25, 0.3) is 11.8 Å². The Balaban J connectivity index is 1.58. The second kappa shape index (κ2) is 9.56. The van der Waals surface area contributed by atoms with E-state index in [2.05, 4.69) is 16.0 Å². The van der Waals surface area contributed by atoms with Crippen molar-refractivity contribution in [3.8, 4) is 0 Å². The molecule has 1 aromatic heterocycles. The molecule has 3 aromatic rings. The second-order valence-corrected chi connectivity index (χ2v) is 6.91. The number of nitrogens with one attached hydrogen (secondary N) is 3. The van der Waals surface area contributed by atoms with Crippen molar-refractivity contribution in [1.29, 1.82) is 0 Å². The minimum atomic E-state index is -0.431. The Bertz CT molecular complexity index is 1040. The average Bonchev–Trinajstić information content (AvgIpc) is 3.23. The Kier molecular flexibility index (Phi) is 6.64. The van der Waals surface area contributed by atoms with Gasteiger partial charge < -0.3 is 20.4 Å². The van der Waals surface area contributed by atoms with E-state index in [0.717, 1.165) is 11.1 Å². The Morgan fingerprint density at radius 1 is 0.867 bits per heavy atom. The lowest BCUT2D eigenvalue weighted by molar-refractivity contribution is -0.115. The van der Waals surface area contributed by atoms with E-state index in [1.54, 1.807) is 48.5 Å². The number of furan rings is 1. The Morgan fingerprint density at radius 3 is 2.30 bits per heavy atom. The number of hydrogen-bond donors (Lipinski definition) is 3. The molecule has 0 aliphatic heterocycles. The van der Waals surface area contributed by atoms with E-state index in [9.17, 15) is 14.4 Å². The first kappa shape index (κ1) is 20.9. The van der Waals surface area contributed by atoms with Gasteiger partial charge in [0.2, 0.25) is 5.91 Å². The summed E-state index contributed by atoms with van der Waals surface area (Å²) in [6.07, 6.45) is 1.53. The van der Waals surface area contributed by atoms with E-state index in [-0.39, 0.29) is 24.9 Å². The molecule has 3 rings (SSSR count). The van der Waals surface area contributed by atoms with Gasteiger partial charge in [-0.05, 0) is 50.2 Å². The van der Waals surface area contributed by atoms with Gasteiger partial charge in [0, 0.05) is 5.56 Å². The van der Waals surface area contributed by atoms with Crippen molar-refractivity contribution in [2.24, 2.45) is 0 Å². The second-order valence-electron chi connectivity index (χ2n) is 6.91. The van der Waals surface area contributed by atoms with Gasteiger partial charge in [-0.2, -0.15) is 0 Å². The number of carbonyl (C=O) groups is 3. The summed E-state index contributed by atoms with van der Waals surface area (Å²) in [5, 5.41) is 8.02. The van der Waals surface area contributed by atoms with Gasteiger partial charge in [0.05, 0.1) is 30.6 Å². The molecule has 0 aliphatic rings. The number of para-hydroxylation sites is 1. The van der Waals surface area contributed by atoms with E-state index >= 15 is 0 Å². The summed E-state index contributed by atoms with van der Waals surface area (Å²) >= 11 is 0. The summed E-state index contributed by atoms with van der Waals surface area (Å²) < 4.78 is 5.20. The predicted octanol–water partition coefficient (Wildman–Crippen LogP) is 3.19. The molecule has 0 saturated carbocycles. The fraction of sp³-hybridized carbons (Fsp3) is 0.174. The summed E-state index contributed by atoms with van der Waals surface area (Å²) in [5.74, 6) is -0.485. The topological polar surface area (TPSA) is 100 Å². The van der Waals surface area contributed by atoms with Gasteiger partial charge in [-0.25, -0.2) is 0 Å². The van der Waals surface area contributed by atoms with Crippen LogP contribution in [0.3, 0.4) is 0 Å². The third kappa shape index (κ3) is 5.57. The average molecular weight is 405 g/mol. The smallest absolute Gasteiger partial charge is 0.253 e. The highest BCUT2D eigenvalue weighted by molar-refractivity contribution is 6.05. The van der Waals surface area contributed by atoms with Crippen molar-refractivity contribution >= 4 is 23.4 Å². The van der Waals surface area contributed by atoms with E-state index in [1.807, 2.05) is 19.9 Å². The lowest BCUT2D eigenvalue weighted by Gasteiger charge is -2.12. The third-order valence-electron chi connectivity index (χ3n) is 4.34. The van der Waals surface area contributed by atoms with Crippen molar-refractivity contribution < 1.29 is 18.8 Å². The van der Waals surface area contributed by atoms with Crippen LogP contribution in [0.5, 0.6) is 0 Å². The molecule has 7 nitrogen and oxygen atoms in total. The van der Waals surface area contributed by atoms with Crippen LogP contribution in [0.2, 0.25) is 0 Å². The molecule has 0 bridgehead atoms. The Morgan fingerprint density at radius 2 is 1.60 bits per heavy atom. The predicted molar refractivity (Wildman–Crippen MR) is 113 cm³/mol. The molecule has 0 aliphatic carbocycles. The minimum Gasteiger partial charge on any atom is -0.467 e. The van der Waals surface area contributed by atoms with Gasteiger partial charge in [-0.3, -0.25) is 14.4 Å². The van der Waals surface area contributed by atoms with Gasteiger partial charge in [-0.15, -0.1) is 0 Å². The lowest BCUT2D eigenvalue weighted by Crippen LogP contribution is -2.33. The largest absolute Gasteiger partial charge is 0.467 e. The third-order valence-corrected chi connectivity index (χ3v) is 4.34. The van der Waals surface area contributed by atoms with E-state index < -0.39 is 5.91 Å². The fourth-order valence-corrected chi connectivity index (χ4v) is 3.03. The summed E-state index contributed by atoms with van der Waals surface area (Å²) in [5.41, 5.74) is 3.12. The molecule has 0 unspecified atom stereocenters. The normalized spacial score (nSPS) is 10.3. The quantitative estimate of drug-likeness (QED) is 0.562. The van der Waals surface area contributed by atoms with Crippen LogP contribution in [-0.2, 0) is 11.3 Å². The van der Waals surface area contributed by atoms with E-state index in [1.165, 1.54) is 6.26 Å². The number of carbonyl (C=O) groups excluding carboxylic acids is 3. The number of anilines is 1. The van der Waals surface area contributed by atoms with E-state index in [0.29, 0.717) is 22.6 Å². The van der Waals surface area contributed by atoms with Crippen molar-refractivity contribution in [3.63, 3.8) is 0 Å². The van der Waals surface area contributed by atoms with Crippen LogP contribution in [0.4, 0.5) is 5.69 Å². The molecular weight excluding hydrogens is 382 g/mol. The zero-order valence-corrected chi connectivity index (χ0v) is 16.8. The Labute approximate surface area is 174 Å². The van der Waals surface area contributed by atoms with Crippen LogP contribution in [0, 0.1) is 13.8 Å². The summed E-state index contributed by atoms with van der Waals surface area (Å²) in [6.45, 7) is 3.84. The molecule has 0 fully saturated rings. The first-order chi connectivity index (χ1) is 14.4. The highest BCUT2D eigenvalue weighted by Gasteiger charge is 2.14. The summed E-state index contributed by atoms with van der Waals surface area (Å²) in [4.78, 5) is 37.1. The summed E-state index contributed by atoms with van der Waals surface area (Å²) in [6, 6.07) is 15.7. The first-order valence-electron chi connectivity index (χ1n) is 9.48. The van der Waals surface area contributed by atoms with Gasteiger partial charge in [0.1, 0.15) is 5.76 Å². The van der Waals surface area contributed by atoms with Crippen LogP contribution in [0.1, 0.15) is 37.6 Å². The number of rotatable bonds is 7. The van der Waals surface area contributed by atoms with Crippen molar-refractivity contribution in [2.75, 3.05) is 11.9 Å². The SMILES string of the molecule is Cc1cc(C)cc(C(=O)NCC(=O)Nc2ccccc2C(=O)NCc2ccco2)c1. The molecule has 0 radical (unpaired) electrons. The van der Waals surface area contributed by atoms with Crippen molar-refractivity contribution in [3.05, 3.63) is 88.9 Å².